The highest BCUT2D eigenvalue weighted by Gasteiger charge is 2.01. The molecule has 0 aliphatic carbocycles. The fourth-order valence-corrected chi connectivity index (χ4v) is 1.90. The lowest BCUT2D eigenvalue weighted by Crippen LogP contribution is -2.10. The summed E-state index contributed by atoms with van der Waals surface area (Å²) < 4.78 is 5.79. The van der Waals surface area contributed by atoms with Gasteiger partial charge in [0.25, 0.3) is 0 Å². The van der Waals surface area contributed by atoms with Gasteiger partial charge >= 0.3 is 0 Å². The van der Waals surface area contributed by atoms with Gasteiger partial charge in [0.1, 0.15) is 18.2 Å². The molecule has 3 nitrogen and oxygen atoms in total. The summed E-state index contributed by atoms with van der Waals surface area (Å²) in [6.45, 7) is 4.63. The SMILES string of the molecule is Cc1ccc(OCc2ccc(C(=N)N)cc2)c(C)c1. The number of rotatable bonds is 4. The molecule has 0 unspecified atom stereocenters. The summed E-state index contributed by atoms with van der Waals surface area (Å²) in [6.07, 6.45) is 0. The van der Waals surface area contributed by atoms with E-state index in [4.69, 9.17) is 15.9 Å². The number of benzene rings is 2. The molecule has 2 rings (SSSR count). The van der Waals surface area contributed by atoms with E-state index in [1.165, 1.54) is 5.56 Å². The molecule has 0 aliphatic rings. The predicted octanol–water partition coefficient (Wildman–Crippen LogP) is 3.17. The lowest BCUT2D eigenvalue weighted by atomic mass is 10.1. The molecule has 0 amide bonds. The lowest BCUT2D eigenvalue weighted by molar-refractivity contribution is 0.304. The van der Waals surface area contributed by atoms with Gasteiger partial charge in [-0.15, -0.1) is 0 Å². The Balaban J connectivity index is 2.04. The van der Waals surface area contributed by atoms with Crippen LogP contribution in [0, 0.1) is 19.3 Å². The monoisotopic (exact) mass is 254 g/mol. The molecule has 0 aliphatic heterocycles. The fourth-order valence-electron chi connectivity index (χ4n) is 1.90. The Bertz CT molecular complexity index is 588. The van der Waals surface area contributed by atoms with Crippen molar-refractivity contribution in [2.75, 3.05) is 0 Å². The first-order valence-electron chi connectivity index (χ1n) is 6.19. The number of amidine groups is 1. The van der Waals surface area contributed by atoms with Crippen molar-refractivity contribution < 1.29 is 4.74 Å². The minimum Gasteiger partial charge on any atom is -0.489 e. The van der Waals surface area contributed by atoms with Crippen LogP contribution in [-0.2, 0) is 6.61 Å². The summed E-state index contributed by atoms with van der Waals surface area (Å²) in [7, 11) is 0. The third kappa shape index (κ3) is 3.35. The van der Waals surface area contributed by atoms with Gasteiger partial charge in [-0.1, -0.05) is 42.0 Å². The average molecular weight is 254 g/mol. The Morgan fingerprint density at radius 3 is 2.37 bits per heavy atom. The molecule has 0 atom stereocenters. The van der Waals surface area contributed by atoms with Crippen LogP contribution in [0.1, 0.15) is 22.3 Å². The summed E-state index contributed by atoms with van der Waals surface area (Å²) in [5.74, 6) is 0.989. The number of nitrogens with two attached hydrogens (primary N) is 1. The van der Waals surface area contributed by atoms with Crippen LogP contribution in [0.3, 0.4) is 0 Å². The van der Waals surface area contributed by atoms with Gasteiger partial charge in [0.2, 0.25) is 0 Å². The van der Waals surface area contributed by atoms with Crippen LogP contribution in [0.4, 0.5) is 0 Å². The molecular formula is C16H18N2O. The van der Waals surface area contributed by atoms with Gasteiger partial charge in [0.15, 0.2) is 0 Å². The van der Waals surface area contributed by atoms with Gasteiger partial charge in [0.05, 0.1) is 0 Å². The molecule has 0 spiro atoms. The van der Waals surface area contributed by atoms with Crippen LogP contribution in [0.5, 0.6) is 5.75 Å². The normalized spacial score (nSPS) is 10.2. The lowest BCUT2D eigenvalue weighted by Gasteiger charge is -2.10. The predicted molar refractivity (Wildman–Crippen MR) is 77.7 cm³/mol. The minimum atomic E-state index is 0.0850. The van der Waals surface area contributed by atoms with E-state index in [2.05, 4.69) is 13.0 Å². The second-order valence-electron chi connectivity index (χ2n) is 4.67. The molecule has 98 valence electrons. The van der Waals surface area contributed by atoms with E-state index in [0.717, 1.165) is 22.4 Å². The topological polar surface area (TPSA) is 59.1 Å². The summed E-state index contributed by atoms with van der Waals surface area (Å²) in [5.41, 5.74) is 9.58. The zero-order chi connectivity index (χ0) is 13.8. The summed E-state index contributed by atoms with van der Waals surface area (Å²) in [4.78, 5) is 0. The Morgan fingerprint density at radius 1 is 1.11 bits per heavy atom. The van der Waals surface area contributed by atoms with Crippen molar-refractivity contribution in [1.29, 1.82) is 5.41 Å². The quantitative estimate of drug-likeness (QED) is 0.650. The third-order valence-electron chi connectivity index (χ3n) is 2.99. The van der Waals surface area contributed by atoms with Crippen LogP contribution in [0.15, 0.2) is 42.5 Å². The second-order valence-corrected chi connectivity index (χ2v) is 4.67. The minimum absolute atomic E-state index is 0.0850. The van der Waals surface area contributed by atoms with E-state index < -0.39 is 0 Å². The molecule has 0 saturated heterocycles. The number of nitrogens with one attached hydrogen (secondary N) is 1. The van der Waals surface area contributed by atoms with Crippen molar-refractivity contribution in [2.24, 2.45) is 5.73 Å². The van der Waals surface area contributed by atoms with Crippen molar-refractivity contribution in [1.82, 2.24) is 0 Å². The maximum absolute atomic E-state index is 7.34. The van der Waals surface area contributed by atoms with Crippen molar-refractivity contribution in [3.8, 4) is 5.75 Å². The number of hydrogen-bond donors (Lipinski definition) is 2. The summed E-state index contributed by atoms with van der Waals surface area (Å²) in [5, 5.41) is 7.34. The van der Waals surface area contributed by atoms with E-state index in [1.54, 1.807) is 0 Å². The van der Waals surface area contributed by atoms with Gasteiger partial charge in [-0.05, 0) is 31.0 Å². The fraction of sp³-hybridized carbons (Fsp3) is 0.188. The highest BCUT2D eigenvalue weighted by atomic mass is 16.5. The van der Waals surface area contributed by atoms with Crippen LogP contribution < -0.4 is 10.5 Å². The highest BCUT2D eigenvalue weighted by Crippen LogP contribution is 2.20. The number of hydrogen-bond acceptors (Lipinski definition) is 2. The maximum Gasteiger partial charge on any atom is 0.122 e. The van der Waals surface area contributed by atoms with Crippen molar-refractivity contribution in [2.45, 2.75) is 20.5 Å². The van der Waals surface area contributed by atoms with Crippen LogP contribution in [0.25, 0.3) is 0 Å². The van der Waals surface area contributed by atoms with Crippen molar-refractivity contribution in [3.63, 3.8) is 0 Å². The molecule has 0 aromatic heterocycles. The molecule has 2 aromatic rings. The summed E-state index contributed by atoms with van der Waals surface area (Å²) >= 11 is 0. The van der Waals surface area contributed by atoms with E-state index in [-0.39, 0.29) is 5.84 Å². The van der Waals surface area contributed by atoms with E-state index in [9.17, 15) is 0 Å². The Hall–Kier alpha value is -2.29. The Morgan fingerprint density at radius 2 is 1.79 bits per heavy atom. The van der Waals surface area contributed by atoms with E-state index in [1.807, 2.05) is 43.3 Å². The van der Waals surface area contributed by atoms with Crippen LogP contribution in [0.2, 0.25) is 0 Å². The first-order valence-corrected chi connectivity index (χ1v) is 6.19. The third-order valence-corrected chi connectivity index (χ3v) is 2.99. The van der Waals surface area contributed by atoms with E-state index >= 15 is 0 Å². The molecule has 0 saturated carbocycles. The van der Waals surface area contributed by atoms with Gasteiger partial charge in [-0.2, -0.15) is 0 Å². The first-order chi connectivity index (χ1) is 9.06. The number of ether oxygens (including phenoxy) is 1. The average Bonchev–Trinajstić information content (AvgIpc) is 2.38. The smallest absolute Gasteiger partial charge is 0.122 e. The summed E-state index contributed by atoms with van der Waals surface area (Å²) in [6, 6.07) is 13.7. The molecule has 3 N–H and O–H groups in total. The molecule has 3 heteroatoms. The second kappa shape index (κ2) is 5.57. The van der Waals surface area contributed by atoms with Crippen molar-refractivity contribution in [3.05, 3.63) is 64.7 Å². The Kier molecular flexibility index (Phi) is 3.85. The largest absolute Gasteiger partial charge is 0.489 e. The van der Waals surface area contributed by atoms with Gasteiger partial charge in [0, 0.05) is 5.56 Å². The molecule has 0 fully saturated rings. The highest BCUT2D eigenvalue weighted by molar-refractivity contribution is 5.94. The van der Waals surface area contributed by atoms with Crippen LogP contribution in [-0.4, -0.2) is 5.84 Å². The van der Waals surface area contributed by atoms with Crippen LogP contribution >= 0.6 is 0 Å². The molecule has 2 aromatic carbocycles. The standard InChI is InChI=1S/C16H18N2O/c1-11-3-8-15(12(2)9-11)19-10-13-4-6-14(7-5-13)16(17)18/h3-9H,10H2,1-2H3,(H3,17,18). The molecular weight excluding hydrogens is 236 g/mol. The maximum atomic E-state index is 7.34. The zero-order valence-corrected chi connectivity index (χ0v) is 11.2. The van der Waals surface area contributed by atoms with Gasteiger partial charge in [-0.3, -0.25) is 5.41 Å². The zero-order valence-electron chi connectivity index (χ0n) is 11.2. The van der Waals surface area contributed by atoms with Crippen molar-refractivity contribution >= 4 is 5.84 Å². The molecule has 19 heavy (non-hydrogen) atoms. The first kappa shape index (κ1) is 13.1. The number of aryl methyl sites for hydroxylation is 2. The van der Waals surface area contributed by atoms with Gasteiger partial charge in [-0.25, -0.2) is 0 Å². The Labute approximate surface area is 113 Å². The van der Waals surface area contributed by atoms with E-state index in [0.29, 0.717) is 6.61 Å². The molecule has 0 bridgehead atoms. The molecule has 0 radical (unpaired) electrons. The molecule has 0 heterocycles. The number of nitrogen functional groups attached to an aromatic ring is 1. The van der Waals surface area contributed by atoms with Gasteiger partial charge < -0.3 is 10.5 Å².